The van der Waals surface area contributed by atoms with Gasteiger partial charge in [0, 0.05) is 16.1 Å². The molecule has 3 aromatic rings. The molecule has 0 radical (unpaired) electrons. The fourth-order valence-electron chi connectivity index (χ4n) is 4.17. The highest BCUT2D eigenvalue weighted by Gasteiger charge is 2.24. The van der Waals surface area contributed by atoms with Crippen LogP contribution in [0.4, 0.5) is 5.82 Å². The van der Waals surface area contributed by atoms with Crippen molar-refractivity contribution in [2.45, 2.75) is 52.1 Å². The van der Waals surface area contributed by atoms with Crippen LogP contribution in [0.3, 0.4) is 0 Å². The Labute approximate surface area is 177 Å². The first kappa shape index (κ1) is 20.1. The topological polar surface area (TPSA) is 102 Å². The number of rotatable bonds is 5. The second kappa shape index (κ2) is 7.57. The zero-order valence-electron chi connectivity index (χ0n) is 17.0. The monoisotopic (exact) mass is 428 g/mol. The van der Waals surface area contributed by atoms with Crippen molar-refractivity contribution in [3.63, 3.8) is 0 Å². The van der Waals surface area contributed by atoms with Gasteiger partial charge in [-0.2, -0.15) is 0 Å². The maximum absolute atomic E-state index is 12.7. The molecule has 0 spiro atoms. The number of thioether (sulfide) groups is 1. The zero-order valence-corrected chi connectivity index (χ0v) is 18.6. The number of hydrogen-bond donors (Lipinski definition) is 2. The third kappa shape index (κ3) is 3.59. The van der Waals surface area contributed by atoms with E-state index in [1.807, 2.05) is 6.92 Å². The highest BCUT2D eigenvalue weighted by molar-refractivity contribution is 7.99. The summed E-state index contributed by atoms with van der Waals surface area (Å²) >= 11 is 2.98. The summed E-state index contributed by atoms with van der Waals surface area (Å²) in [6, 6.07) is 0. The van der Waals surface area contributed by atoms with Crippen molar-refractivity contribution >= 4 is 50.7 Å². The fourth-order valence-corrected chi connectivity index (χ4v) is 6.35. The van der Waals surface area contributed by atoms with Crippen LogP contribution >= 0.6 is 23.1 Å². The summed E-state index contributed by atoms with van der Waals surface area (Å²) in [6.45, 7) is 7.40. The molecular weight excluding hydrogens is 404 g/mol. The number of Topliss-reactive ketones (excluding diaryl/α,β-unsaturated/α-hetero) is 2. The summed E-state index contributed by atoms with van der Waals surface area (Å²) in [4.78, 5) is 39.0. The van der Waals surface area contributed by atoms with E-state index in [2.05, 4.69) is 21.9 Å². The molecule has 0 saturated heterocycles. The van der Waals surface area contributed by atoms with Crippen molar-refractivity contribution in [2.75, 3.05) is 11.5 Å². The third-order valence-corrected chi connectivity index (χ3v) is 7.56. The lowest BCUT2D eigenvalue weighted by molar-refractivity contribution is 0.101. The van der Waals surface area contributed by atoms with Gasteiger partial charge in [-0.1, -0.05) is 18.7 Å². The summed E-state index contributed by atoms with van der Waals surface area (Å²) in [5, 5.41) is 1.51. The van der Waals surface area contributed by atoms with E-state index >= 15 is 0 Å². The third-order valence-electron chi connectivity index (χ3n) is 5.56. The average Bonchev–Trinajstić information content (AvgIpc) is 3.15. The number of anilines is 1. The highest BCUT2D eigenvalue weighted by Crippen LogP contribution is 2.40. The molecule has 0 aliphatic heterocycles. The molecule has 3 aromatic heterocycles. The number of nitrogens with two attached hydrogens (primary N) is 1. The number of aromatic amines is 1. The van der Waals surface area contributed by atoms with Crippen LogP contribution in [-0.4, -0.2) is 32.3 Å². The molecule has 152 valence electrons. The first-order valence-corrected chi connectivity index (χ1v) is 11.5. The fraction of sp³-hybridized carbons (Fsp3) is 0.429. The smallest absolute Gasteiger partial charge is 0.191 e. The average molecular weight is 429 g/mol. The number of ketones is 2. The van der Waals surface area contributed by atoms with Gasteiger partial charge in [-0.3, -0.25) is 9.59 Å². The quantitative estimate of drug-likeness (QED) is 0.352. The number of aromatic nitrogens is 3. The molecule has 0 saturated carbocycles. The molecule has 1 unspecified atom stereocenters. The normalized spacial score (nSPS) is 16.2. The van der Waals surface area contributed by atoms with Gasteiger partial charge in [-0.15, -0.1) is 11.3 Å². The number of thiophene rings is 1. The van der Waals surface area contributed by atoms with Crippen LogP contribution in [0, 0.1) is 19.8 Å². The minimum absolute atomic E-state index is 0.0412. The molecule has 0 amide bonds. The Morgan fingerprint density at radius 3 is 2.76 bits per heavy atom. The molecule has 0 bridgehead atoms. The van der Waals surface area contributed by atoms with Crippen LogP contribution in [0.5, 0.6) is 0 Å². The highest BCUT2D eigenvalue weighted by atomic mass is 32.2. The number of H-pyrrole nitrogens is 1. The van der Waals surface area contributed by atoms with E-state index in [9.17, 15) is 9.59 Å². The van der Waals surface area contributed by atoms with Crippen molar-refractivity contribution in [3.05, 3.63) is 33.0 Å². The van der Waals surface area contributed by atoms with Gasteiger partial charge in [-0.25, -0.2) is 9.97 Å². The van der Waals surface area contributed by atoms with Gasteiger partial charge in [0.1, 0.15) is 10.6 Å². The van der Waals surface area contributed by atoms with Gasteiger partial charge in [0.05, 0.1) is 16.8 Å². The van der Waals surface area contributed by atoms with E-state index in [1.54, 1.807) is 18.3 Å². The first-order valence-electron chi connectivity index (χ1n) is 9.70. The molecule has 29 heavy (non-hydrogen) atoms. The van der Waals surface area contributed by atoms with Gasteiger partial charge < -0.3 is 10.7 Å². The Bertz CT molecular complexity index is 1150. The molecule has 1 aliphatic carbocycles. The van der Waals surface area contributed by atoms with Crippen LogP contribution in [-0.2, 0) is 12.8 Å². The lowest BCUT2D eigenvalue weighted by atomic mass is 9.89. The van der Waals surface area contributed by atoms with Crippen LogP contribution < -0.4 is 5.73 Å². The van der Waals surface area contributed by atoms with Crippen LogP contribution in [0.15, 0.2) is 5.16 Å². The Balaban J connectivity index is 1.57. The van der Waals surface area contributed by atoms with Gasteiger partial charge in [0.2, 0.25) is 0 Å². The number of carbonyl (C=O) groups excluding carboxylic acids is 2. The lowest BCUT2D eigenvalue weighted by Crippen LogP contribution is -2.09. The minimum Gasteiger partial charge on any atom is -0.383 e. The van der Waals surface area contributed by atoms with Gasteiger partial charge >= 0.3 is 0 Å². The second-order valence-corrected chi connectivity index (χ2v) is 9.84. The van der Waals surface area contributed by atoms with Crippen molar-refractivity contribution in [3.8, 4) is 0 Å². The molecule has 6 nitrogen and oxygen atoms in total. The number of aryl methyl sites for hydroxylation is 2. The maximum Gasteiger partial charge on any atom is 0.191 e. The first-order chi connectivity index (χ1) is 13.8. The molecule has 4 rings (SSSR count). The van der Waals surface area contributed by atoms with Crippen LogP contribution in [0.1, 0.15) is 62.8 Å². The predicted molar refractivity (Wildman–Crippen MR) is 118 cm³/mol. The van der Waals surface area contributed by atoms with Crippen LogP contribution in [0.2, 0.25) is 0 Å². The number of nitrogens with one attached hydrogen (secondary N) is 1. The van der Waals surface area contributed by atoms with Crippen molar-refractivity contribution < 1.29 is 9.59 Å². The second-order valence-electron chi connectivity index (χ2n) is 7.82. The largest absolute Gasteiger partial charge is 0.383 e. The van der Waals surface area contributed by atoms with E-state index in [4.69, 9.17) is 5.73 Å². The van der Waals surface area contributed by atoms with E-state index in [1.165, 1.54) is 35.5 Å². The van der Waals surface area contributed by atoms with Crippen LogP contribution in [0.25, 0.3) is 10.2 Å². The van der Waals surface area contributed by atoms with E-state index in [0.717, 1.165) is 28.8 Å². The minimum atomic E-state index is -0.0790. The Morgan fingerprint density at radius 1 is 1.31 bits per heavy atom. The molecule has 8 heteroatoms. The lowest BCUT2D eigenvalue weighted by Gasteiger charge is -2.17. The summed E-state index contributed by atoms with van der Waals surface area (Å²) in [7, 11) is 0. The Morgan fingerprint density at radius 2 is 2.07 bits per heavy atom. The standard InChI is InChI=1S/C21H24N4O2S2/c1-9-5-6-13-15(7-9)29-20-17(13)19(22)24-21(25-20)28-8-14(27)18-10(2)16(12(4)26)11(3)23-18/h9,23H,5-8H2,1-4H3,(H2,22,24,25). The van der Waals surface area contributed by atoms with E-state index < -0.39 is 0 Å². The SMILES string of the molecule is CC(=O)c1c(C)[nH]c(C(=O)CSc2nc(N)c3c4c(sc3n2)CC(C)CC4)c1C. The number of fused-ring (bicyclic) bond motifs is 3. The van der Waals surface area contributed by atoms with Gasteiger partial charge in [0.25, 0.3) is 0 Å². The molecule has 0 aromatic carbocycles. The zero-order chi connectivity index (χ0) is 20.9. The number of hydrogen-bond acceptors (Lipinski definition) is 7. The summed E-state index contributed by atoms with van der Waals surface area (Å²) in [5.41, 5.74) is 10.1. The Kier molecular flexibility index (Phi) is 5.25. The molecule has 3 N–H and O–H groups in total. The van der Waals surface area contributed by atoms with Gasteiger partial charge in [0.15, 0.2) is 16.7 Å². The number of nitrogens with zero attached hydrogens (tertiary/aromatic N) is 2. The maximum atomic E-state index is 12.7. The molecule has 3 heterocycles. The van der Waals surface area contributed by atoms with Crippen molar-refractivity contribution in [1.82, 2.24) is 15.0 Å². The summed E-state index contributed by atoms with van der Waals surface area (Å²) in [6.07, 6.45) is 3.26. The van der Waals surface area contributed by atoms with E-state index in [0.29, 0.717) is 33.7 Å². The predicted octanol–water partition coefficient (Wildman–Crippen LogP) is 4.52. The van der Waals surface area contributed by atoms with E-state index in [-0.39, 0.29) is 17.3 Å². The Hall–Kier alpha value is -2.19. The molecule has 1 atom stereocenters. The van der Waals surface area contributed by atoms with Crippen molar-refractivity contribution in [2.24, 2.45) is 5.92 Å². The molecular formula is C21H24N4O2S2. The number of nitrogen functional groups attached to an aromatic ring is 1. The van der Waals surface area contributed by atoms with Crippen molar-refractivity contribution in [1.29, 1.82) is 0 Å². The summed E-state index contributed by atoms with van der Waals surface area (Å²) in [5.74, 6) is 1.25. The number of carbonyl (C=O) groups is 2. The molecule has 1 aliphatic rings. The summed E-state index contributed by atoms with van der Waals surface area (Å²) < 4.78 is 0. The van der Waals surface area contributed by atoms with Gasteiger partial charge in [-0.05, 0) is 57.1 Å². The molecule has 0 fully saturated rings.